The molecule has 0 radical (unpaired) electrons. The van der Waals surface area contributed by atoms with Gasteiger partial charge in [-0.2, -0.15) is 26.3 Å². The molecule has 37 heavy (non-hydrogen) atoms. The maximum absolute atomic E-state index is 14.3. The predicted octanol–water partition coefficient (Wildman–Crippen LogP) is 5.15. The molecule has 3 aliphatic rings. The summed E-state index contributed by atoms with van der Waals surface area (Å²) in [5.74, 6) is 0.163. The molecule has 208 valence electrons. The molecule has 1 aromatic rings. The number of aliphatic hydroxyl groups is 1. The van der Waals surface area contributed by atoms with Crippen molar-refractivity contribution in [2.24, 2.45) is 11.3 Å². The van der Waals surface area contributed by atoms with E-state index in [-0.39, 0.29) is 24.0 Å². The second-order valence-electron chi connectivity index (χ2n) is 10.8. The van der Waals surface area contributed by atoms with Crippen molar-refractivity contribution in [3.8, 4) is 0 Å². The highest BCUT2D eigenvalue weighted by Gasteiger charge is 2.48. The zero-order valence-electron chi connectivity index (χ0n) is 20.8. The molecule has 11 heteroatoms. The number of nitrogens with one attached hydrogen (secondary N) is 1. The fraction of sp³-hybridized carbons (Fsp3) is 0.731. The zero-order chi connectivity index (χ0) is 27.0. The van der Waals surface area contributed by atoms with Gasteiger partial charge in [-0.3, -0.25) is 4.79 Å². The SMILES string of the molecule is COC1CC(O)CCC1N(Cc1cc(C(F)(F)F)cc(C(F)(F)F)c1)C(=O)C1(CC2CC2)CCNCC1. The summed E-state index contributed by atoms with van der Waals surface area (Å²) in [6.45, 7) is 0.836. The van der Waals surface area contributed by atoms with E-state index in [1.54, 1.807) is 0 Å². The number of hydrogen-bond donors (Lipinski definition) is 2. The fourth-order valence-electron chi connectivity index (χ4n) is 5.94. The average molecular weight is 537 g/mol. The van der Waals surface area contributed by atoms with Crippen LogP contribution in [-0.2, 0) is 28.4 Å². The second kappa shape index (κ2) is 10.7. The number of ether oxygens (including phenoxy) is 1. The van der Waals surface area contributed by atoms with E-state index in [1.807, 2.05) is 0 Å². The summed E-state index contributed by atoms with van der Waals surface area (Å²) >= 11 is 0. The molecule has 1 aromatic carbocycles. The van der Waals surface area contributed by atoms with Crippen molar-refractivity contribution in [2.45, 2.75) is 88.5 Å². The Labute approximate surface area is 212 Å². The Morgan fingerprint density at radius 1 is 1.03 bits per heavy atom. The molecular weight excluding hydrogens is 502 g/mol. The number of piperidine rings is 1. The third-order valence-corrected chi connectivity index (χ3v) is 8.08. The van der Waals surface area contributed by atoms with Gasteiger partial charge >= 0.3 is 12.4 Å². The van der Waals surface area contributed by atoms with E-state index in [2.05, 4.69) is 5.32 Å². The highest BCUT2D eigenvalue weighted by molar-refractivity contribution is 5.83. The molecule has 1 saturated heterocycles. The molecule has 3 fully saturated rings. The molecule has 4 rings (SSSR count). The van der Waals surface area contributed by atoms with Gasteiger partial charge in [-0.25, -0.2) is 0 Å². The van der Waals surface area contributed by atoms with Gasteiger partial charge in [0.2, 0.25) is 5.91 Å². The van der Waals surface area contributed by atoms with Crippen molar-refractivity contribution in [1.29, 1.82) is 0 Å². The highest BCUT2D eigenvalue weighted by Crippen LogP contribution is 2.47. The van der Waals surface area contributed by atoms with Crippen molar-refractivity contribution < 1.29 is 41.0 Å². The van der Waals surface area contributed by atoms with E-state index < -0.39 is 53.7 Å². The fourth-order valence-corrected chi connectivity index (χ4v) is 5.94. The van der Waals surface area contributed by atoms with E-state index in [0.29, 0.717) is 63.2 Å². The van der Waals surface area contributed by atoms with Gasteiger partial charge < -0.3 is 20.1 Å². The molecule has 1 heterocycles. The van der Waals surface area contributed by atoms with E-state index in [0.717, 1.165) is 12.8 Å². The van der Waals surface area contributed by atoms with Crippen LogP contribution in [0.1, 0.15) is 68.1 Å². The summed E-state index contributed by atoms with van der Waals surface area (Å²) in [6, 6.07) is 0.929. The number of amides is 1. The maximum Gasteiger partial charge on any atom is 0.416 e. The molecule has 3 unspecified atom stereocenters. The molecule has 1 amide bonds. The number of methoxy groups -OCH3 is 1. The van der Waals surface area contributed by atoms with Crippen molar-refractivity contribution in [2.75, 3.05) is 20.2 Å². The molecule has 0 aromatic heterocycles. The molecule has 5 nitrogen and oxygen atoms in total. The van der Waals surface area contributed by atoms with Crippen LogP contribution in [0.25, 0.3) is 0 Å². The van der Waals surface area contributed by atoms with Gasteiger partial charge in [-0.15, -0.1) is 0 Å². The largest absolute Gasteiger partial charge is 0.416 e. The van der Waals surface area contributed by atoms with Crippen LogP contribution in [0.4, 0.5) is 26.3 Å². The number of aliphatic hydroxyl groups excluding tert-OH is 1. The van der Waals surface area contributed by atoms with Gasteiger partial charge in [-0.1, -0.05) is 12.8 Å². The summed E-state index contributed by atoms with van der Waals surface area (Å²) in [4.78, 5) is 15.8. The van der Waals surface area contributed by atoms with Crippen LogP contribution >= 0.6 is 0 Å². The minimum absolute atomic E-state index is 0.103. The molecule has 0 spiro atoms. The van der Waals surface area contributed by atoms with E-state index in [9.17, 15) is 36.2 Å². The Morgan fingerprint density at radius 2 is 1.62 bits per heavy atom. The first-order valence-electron chi connectivity index (χ1n) is 12.8. The van der Waals surface area contributed by atoms with Crippen LogP contribution in [0.2, 0.25) is 0 Å². The first kappa shape index (κ1) is 28.2. The van der Waals surface area contributed by atoms with Gasteiger partial charge in [0.25, 0.3) is 0 Å². The molecule has 3 atom stereocenters. The van der Waals surface area contributed by atoms with E-state index in [4.69, 9.17) is 4.74 Å². The molecule has 2 aliphatic carbocycles. The van der Waals surface area contributed by atoms with Crippen molar-refractivity contribution in [3.63, 3.8) is 0 Å². The summed E-state index contributed by atoms with van der Waals surface area (Å²) in [6.07, 6.45) is -6.44. The van der Waals surface area contributed by atoms with Crippen molar-refractivity contribution in [1.82, 2.24) is 10.2 Å². The van der Waals surface area contributed by atoms with Crippen LogP contribution in [0.3, 0.4) is 0 Å². The number of alkyl halides is 6. The first-order chi connectivity index (χ1) is 17.3. The Balaban J connectivity index is 1.75. The van der Waals surface area contributed by atoms with Crippen LogP contribution in [-0.4, -0.2) is 54.4 Å². The lowest BCUT2D eigenvalue weighted by atomic mass is 9.72. The highest BCUT2D eigenvalue weighted by atomic mass is 19.4. The first-order valence-corrected chi connectivity index (χ1v) is 12.8. The Bertz CT molecular complexity index is 924. The standard InChI is InChI=1S/C26H34F6N2O3/c1-37-22-13-20(35)4-5-21(22)34(23(36)24(14-16-2-3-16)6-8-33-9-7-24)15-17-10-18(25(27,28)29)12-19(11-17)26(30,31)32/h10-12,16,20-22,33,35H,2-9,13-15H2,1H3. The Hall–Kier alpha value is -1.85. The van der Waals surface area contributed by atoms with Gasteiger partial charge in [0, 0.05) is 20.1 Å². The number of rotatable bonds is 7. The second-order valence-corrected chi connectivity index (χ2v) is 10.8. The lowest BCUT2D eigenvalue weighted by Gasteiger charge is -2.46. The normalized spacial score (nSPS) is 26.6. The molecule has 1 aliphatic heterocycles. The van der Waals surface area contributed by atoms with Gasteiger partial charge in [-0.05, 0) is 74.9 Å². The van der Waals surface area contributed by atoms with Gasteiger partial charge in [0.05, 0.1) is 34.8 Å². The lowest BCUT2D eigenvalue weighted by Crippen LogP contribution is -2.57. The predicted molar refractivity (Wildman–Crippen MR) is 123 cm³/mol. The number of carbonyl (C=O) groups excluding carboxylic acids is 1. The summed E-state index contributed by atoms with van der Waals surface area (Å²) in [5, 5.41) is 13.4. The quantitative estimate of drug-likeness (QED) is 0.474. The third kappa shape index (κ3) is 6.60. The van der Waals surface area contributed by atoms with Crippen LogP contribution in [0.5, 0.6) is 0 Å². The minimum atomic E-state index is -4.98. The van der Waals surface area contributed by atoms with Gasteiger partial charge in [0.1, 0.15) is 0 Å². The van der Waals surface area contributed by atoms with E-state index >= 15 is 0 Å². The zero-order valence-corrected chi connectivity index (χ0v) is 20.8. The van der Waals surface area contributed by atoms with Crippen LogP contribution in [0, 0.1) is 11.3 Å². The number of benzene rings is 1. The van der Waals surface area contributed by atoms with Gasteiger partial charge in [0.15, 0.2) is 0 Å². The van der Waals surface area contributed by atoms with E-state index in [1.165, 1.54) is 12.0 Å². The molecule has 2 saturated carbocycles. The maximum atomic E-state index is 14.3. The molecule has 0 bridgehead atoms. The number of carbonyl (C=O) groups is 1. The summed E-state index contributed by atoms with van der Waals surface area (Å²) in [5.41, 5.74) is -3.76. The van der Waals surface area contributed by atoms with Crippen LogP contribution < -0.4 is 5.32 Å². The monoisotopic (exact) mass is 536 g/mol. The number of nitrogens with zero attached hydrogens (tertiary/aromatic N) is 1. The number of hydrogen-bond acceptors (Lipinski definition) is 4. The Kier molecular flexibility index (Phi) is 8.17. The average Bonchev–Trinajstić information content (AvgIpc) is 3.65. The lowest BCUT2D eigenvalue weighted by molar-refractivity contribution is -0.154. The molecular formula is C26H34F6N2O3. The number of halogens is 6. The smallest absolute Gasteiger partial charge is 0.393 e. The van der Waals surface area contributed by atoms with Crippen molar-refractivity contribution >= 4 is 5.91 Å². The topological polar surface area (TPSA) is 61.8 Å². The van der Waals surface area contributed by atoms with Crippen LogP contribution in [0.15, 0.2) is 18.2 Å². The Morgan fingerprint density at radius 3 is 2.14 bits per heavy atom. The third-order valence-electron chi connectivity index (χ3n) is 8.08. The minimum Gasteiger partial charge on any atom is -0.393 e. The summed E-state index contributed by atoms with van der Waals surface area (Å²) in [7, 11) is 1.44. The van der Waals surface area contributed by atoms with Crippen molar-refractivity contribution in [3.05, 3.63) is 34.9 Å². The summed E-state index contributed by atoms with van der Waals surface area (Å²) < 4.78 is 86.9. The molecule has 2 N–H and O–H groups in total.